The highest BCUT2D eigenvalue weighted by molar-refractivity contribution is 5.99. The van der Waals surface area contributed by atoms with E-state index in [1.165, 1.54) is 4.57 Å². The van der Waals surface area contributed by atoms with Crippen molar-refractivity contribution in [3.05, 3.63) is 23.9 Å². The van der Waals surface area contributed by atoms with Gasteiger partial charge in [0, 0.05) is 11.1 Å². The smallest absolute Gasteiger partial charge is 0.201 e. The van der Waals surface area contributed by atoms with Crippen LogP contribution in [0.3, 0.4) is 0 Å². The molecule has 0 unspecified atom stereocenters. The van der Waals surface area contributed by atoms with Gasteiger partial charge in [-0.25, -0.2) is 4.39 Å². The summed E-state index contributed by atoms with van der Waals surface area (Å²) in [5.41, 5.74) is 6.64. The zero-order valence-corrected chi connectivity index (χ0v) is 8.65. The Balaban J connectivity index is 2.80. The number of nitrogens with zero attached hydrogens (tertiary/aromatic N) is 1. The lowest BCUT2D eigenvalue weighted by atomic mass is 10.1. The summed E-state index contributed by atoms with van der Waals surface area (Å²) in [6, 6.07) is 5.13. The van der Waals surface area contributed by atoms with E-state index in [-0.39, 0.29) is 19.0 Å². The van der Waals surface area contributed by atoms with Gasteiger partial charge in [0.25, 0.3) is 0 Å². The van der Waals surface area contributed by atoms with Crippen molar-refractivity contribution in [1.29, 1.82) is 0 Å². The van der Waals surface area contributed by atoms with Gasteiger partial charge < -0.3 is 20.5 Å². The van der Waals surface area contributed by atoms with E-state index < -0.39 is 6.67 Å². The Morgan fingerprint density at radius 3 is 2.75 bits per heavy atom. The number of fused-ring (bicyclic) bond motifs is 1. The molecule has 0 aliphatic carbocycles. The minimum atomic E-state index is -0.610. The topological polar surface area (TPSA) is 71.4 Å². The maximum atomic E-state index is 12.4. The molecule has 0 aliphatic heterocycles. The number of hydrogen-bond donors (Lipinski definition) is 3. The van der Waals surface area contributed by atoms with E-state index >= 15 is 0 Å². The fourth-order valence-electron chi connectivity index (χ4n) is 1.96. The Morgan fingerprint density at radius 2 is 2.12 bits per heavy atom. The number of nitrogen functional groups attached to an aromatic ring is 1. The number of rotatable bonds is 3. The Kier molecular flexibility index (Phi) is 2.70. The third-order valence-electron chi connectivity index (χ3n) is 2.67. The zero-order valence-electron chi connectivity index (χ0n) is 8.65. The first-order chi connectivity index (χ1) is 7.70. The molecule has 1 heterocycles. The van der Waals surface area contributed by atoms with Crippen LogP contribution in [0.5, 0.6) is 5.88 Å². The van der Waals surface area contributed by atoms with Crippen LogP contribution in [-0.2, 0) is 13.2 Å². The average molecular weight is 224 g/mol. The van der Waals surface area contributed by atoms with Crippen LogP contribution in [0.2, 0.25) is 0 Å². The monoisotopic (exact) mass is 224 g/mol. The second-order valence-corrected chi connectivity index (χ2v) is 3.54. The van der Waals surface area contributed by atoms with Gasteiger partial charge in [0.05, 0.1) is 24.2 Å². The molecule has 0 saturated carbocycles. The van der Waals surface area contributed by atoms with Crippen LogP contribution in [0.15, 0.2) is 18.2 Å². The van der Waals surface area contributed by atoms with Crippen molar-refractivity contribution in [2.24, 2.45) is 0 Å². The largest absolute Gasteiger partial charge is 0.494 e. The third kappa shape index (κ3) is 1.40. The maximum absolute atomic E-state index is 12.4. The normalized spacial score (nSPS) is 11.1. The molecule has 0 radical (unpaired) electrons. The molecule has 0 aliphatic rings. The molecule has 2 aromatic rings. The predicted molar refractivity (Wildman–Crippen MR) is 59.9 cm³/mol. The van der Waals surface area contributed by atoms with Crippen LogP contribution in [-0.4, -0.2) is 21.5 Å². The molecule has 86 valence electrons. The number of halogens is 1. The van der Waals surface area contributed by atoms with Crippen molar-refractivity contribution in [3.63, 3.8) is 0 Å². The van der Waals surface area contributed by atoms with E-state index in [1.807, 2.05) is 0 Å². The lowest BCUT2D eigenvalue weighted by molar-refractivity contribution is 0.265. The molecule has 5 heteroatoms. The summed E-state index contributed by atoms with van der Waals surface area (Å²) in [6.07, 6.45) is 0. The highest BCUT2D eigenvalue weighted by Gasteiger charge is 2.16. The summed E-state index contributed by atoms with van der Waals surface area (Å²) in [5, 5.41) is 20.3. The predicted octanol–water partition coefficient (Wildman–Crippen LogP) is 1.39. The molecular formula is C11H13FN2O2. The number of aliphatic hydroxyl groups excluding tert-OH is 1. The lowest BCUT2D eigenvalue weighted by Gasteiger charge is -2.05. The quantitative estimate of drug-likeness (QED) is 0.690. The second-order valence-electron chi connectivity index (χ2n) is 3.54. The molecule has 16 heavy (non-hydrogen) atoms. The Labute approximate surface area is 91.7 Å². The number of alkyl halides is 1. The average Bonchev–Trinajstić information content (AvgIpc) is 2.54. The molecule has 0 bridgehead atoms. The summed E-state index contributed by atoms with van der Waals surface area (Å²) in [7, 11) is 0. The molecule has 1 aromatic heterocycles. The molecule has 0 saturated heterocycles. The first-order valence-electron chi connectivity index (χ1n) is 4.96. The fraction of sp³-hybridized carbons (Fsp3) is 0.273. The van der Waals surface area contributed by atoms with Crippen molar-refractivity contribution >= 4 is 16.5 Å². The third-order valence-corrected chi connectivity index (χ3v) is 2.67. The van der Waals surface area contributed by atoms with Crippen LogP contribution >= 0.6 is 0 Å². The van der Waals surface area contributed by atoms with Gasteiger partial charge in [0.15, 0.2) is 0 Å². The van der Waals surface area contributed by atoms with Crippen LogP contribution in [0.25, 0.3) is 10.8 Å². The molecule has 4 N–H and O–H groups in total. The van der Waals surface area contributed by atoms with Crippen molar-refractivity contribution in [1.82, 2.24) is 4.57 Å². The van der Waals surface area contributed by atoms with Crippen LogP contribution in [0.1, 0.15) is 5.69 Å². The SMILES string of the molecule is Nc1cccc2c(CO)n(CCF)c(O)c12. The van der Waals surface area contributed by atoms with Crippen molar-refractivity contribution in [3.8, 4) is 5.88 Å². The molecule has 2 rings (SSSR count). The van der Waals surface area contributed by atoms with Crippen LogP contribution in [0.4, 0.5) is 10.1 Å². The molecular weight excluding hydrogens is 211 g/mol. The standard InChI is InChI=1S/C11H13FN2O2/c12-4-5-14-9(6-15)7-2-1-3-8(13)10(7)11(14)16/h1-3,15-16H,4-6,13H2. The summed E-state index contributed by atoms with van der Waals surface area (Å²) in [4.78, 5) is 0. The number of aliphatic hydroxyl groups is 1. The van der Waals surface area contributed by atoms with E-state index in [1.54, 1.807) is 18.2 Å². The summed E-state index contributed by atoms with van der Waals surface area (Å²) >= 11 is 0. The van der Waals surface area contributed by atoms with E-state index in [4.69, 9.17) is 5.73 Å². The van der Waals surface area contributed by atoms with Gasteiger partial charge in [-0.1, -0.05) is 12.1 Å². The van der Waals surface area contributed by atoms with Gasteiger partial charge in [-0.3, -0.25) is 0 Å². The molecule has 0 spiro atoms. The second kappa shape index (κ2) is 4.02. The van der Waals surface area contributed by atoms with Crippen LogP contribution in [0, 0.1) is 0 Å². The minimum absolute atomic E-state index is 0.00977. The Morgan fingerprint density at radius 1 is 1.38 bits per heavy atom. The number of aromatic hydroxyl groups is 1. The van der Waals surface area contributed by atoms with E-state index in [0.717, 1.165) is 0 Å². The van der Waals surface area contributed by atoms with Gasteiger partial charge in [-0.15, -0.1) is 0 Å². The molecule has 0 fully saturated rings. The highest BCUT2D eigenvalue weighted by atomic mass is 19.1. The lowest BCUT2D eigenvalue weighted by Crippen LogP contribution is -2.03. The maximum Gasteiger partial charge on any atom is 0.201 e. The Bertz CT molecular complexity index is 522. The van der Waals surface area contributed by atoms with E-state index in [0.29, 0.717) is 22.2 Å². The van der Waals surface area contributed by atoms with Crippen molar-refractivity contribution in [2.75, 3.05) is 12.4 Å². The van der Waals surface area contributed by atoms with Crippen LogP contribution < -0.4 is 5.73 Å². The molecule has 1 aromatic carbocycles. The molecule has 0 amide bonds. The van der Waals surface area contributed by atoms with Gasteiger partial charge in [0.2, 0.25) is 5.88 Å². The van der Waals surface area contributed by atoms with Gasteiger partial charge >= 0.3 is 0 Å². The first kappa shape index (κ1) is 10.8. The van der Waals surface area contributed by atoms with Crippen molar-refractivity contribution in [2.45, 2.75) is 13.2 Å². The van der Waals surface area contributed by atoms with Gasteiger partial charge in [-0.2, -0.15) is 0 Å². The number of nitrogens with two attached hydrogens (primary N) is 1. The molecule has 0 atom stereocenters. The van der Waals surface area contributed by atoms with E-state index in [2.05, 4.69) is 0 Å². The zero-order chi connectivity index (χ0) is 11.7. The van der Waals surface area contributed by atoms with Gasteiger partial charge in [-0.05, 0) is 6.07 Å². The first-order valence-corrected chi connectivity index (χ1v) is 4.96. The molecule has 4 nitrogen and oxygen atoms in total. The fourth-order valence-corrected chi connectivity index (χ4v) is 1.96. The van der Waals surface area contributed by atoms with E-state index in [9.17, 15) is 14.6 Å². The number of aromatic nitrogens is 1. The number of hydrogen-bond acceptors (Lipinski definition) is 3. The van der Waals surface area contributed by atoms with Gasteiger partial charge in [0.1, 0.15) is 6.67 Å². The van der Waals surface area contributed by atoms with Crippen molar-refractivity contribution < 1.29 is 14.6 Å². The number of benzene rings is 1. The summed E-state index contributed by atoms with van der Waals surface area (Å²) in [6.45, 7) is -0.863. The number of anilines is 1. The Hall–Kier alpha value is -1.75. The summed E-state index contributed by atoms with van der Waals surface area (Å²) in [5.74, 6) is -0.0881. The minimum Gasteiger partial charge on any atom is -0.494 e. The highest BCUT2D eigenvalue weighted by Crippen LogP contribution is 2.35. The summed E-state index contributed by atoms with van der Waals surface area (Å²) < 4.78 is 13.7.